The number of alkyl halides is 3. The fourth-order valence-corrected chi connectivity index (χ4v) is 2.71. The van der Waals surface area contributed by atoms with E-state index in [2.05, 4.69) is 5.10 Å². The molecule has 0 spiro atoms. The fraction of sp³-hybridized carbons (Fsp3) is 0.0952. The van der Waals surface area contributed by atoms with Gasteiger partial charge in [0.05, 0.1) is 6.21 Å². The van der Waals surface area contributed by atoms with Gasteiger partial charge in [0.1, 0.15) is 23.6 Å². The summed E-state index contributed by atoms with van der Waals surface area (Å²) in [6, 6.07) is 13.2. The lowest BCUT2D eigenvalue weighted by Crippen LogP contribution is -2.16. The molecule has 0 atom stereocenters. The number of hydrogen-bond acceptors (Lipinski definition) is 3. The number of hydrazone groups is 1. The van der Waals surface area contributed by atoms with Crippen molar-refractivity contribution < 1.29 is 35.5 Å². The molecule has 1 N–H and O–H groups in total. The number of benzene rings is 3. The molecule has 3 aromatic rings. The first-order chi connectivity index (χ1) is 15.1. The van der Waals surface area contributed by atoms with Crippen molar-refractivity contribution in [1.29, 1.82) is 0 Å². The highest BCUT2D eigenvalue weighted by Crippen LogP contribution is 2.38. The third-order valence-corrected chi connectivity index (χ3v) is 4.37. The van der Waals surface area contributed by atoms with Gasteiger partial charge >= 0.3 is 6.18 Å². The predicted molar refractivity (Wildman–Crippen MR) is 105 cm³/mol. The number of nitrogens with zero attached hydrogens (tertiary/aromatic N) is 1. The van der Waals surface area contributed by atoms with Gasteiger partial charge < -0.3 is 4.74 Å². The number of anilines is 1. The van der Waals surface area contributed by atoms with E-state index in [1.165, 1.54) is 12.1 Å². The zero-order chi connectivity index (χ0) is 23.5. The molecule has 0 aliphatic carbocycles. The lowest BCUT2D eigenvalue weighted by atomic mass is 10.1. The third kappa shape index (κ3) is 5.31. The zero-order valence-electron chi connectivity index (χ0n) is 15.8. The summed E-state index contributed by atoms with van der Waals surface area (Å²) in [6.45, 7) is 0.219. The second kappa shape index (κ2) is 9.47. The normalized spacial score (nSPS) is 11.8. The summed E-state index contributed by atoms with van der Waals surface area (Å²) in [6.07, 6.45) is -4.59. The largest absolute Gasteiger partial charge is 0.489 e. The molecule has 11 heteroatoms. The maximum Gasteiger partial charge on any atom is 0.422 e. The summed E-state index contributed by atoms with van der Waals surface area (Å²) in [7, 11) is 0. The molecule has 0 fully saturated rings. The smallest absolute Gasteiger partial charge is 0.422 e. The summed E-state index contributed by atoms with van der Waals surface area (Å²) in [5.74, 6) is -9.26. The Kier molecular flexibility index (Phi) is 6.93. The third-order valence-electron chi connectivity index (χ3n) is 4.11. The van der Waals surface area contributed by atoms with Crippen LogP contribution in [-0.4, -0.2) is 6.21 Å². The monoisotopic (exact) mass is 476 g/mol. The number of hydrogen-bond donors (Lipinski definition) is 1. The minimum absolute atomic E-state index is 0.219. The van der Waals surface area contributed by atoms with Gasteiger partial charge in [-0.2, -0.15) is 18.3 Å². The minimum Gasteiger partial charge on any atom is -0.489 e. The Balaban J connectivity index is 1.74. The van der Waals surface area contributed by atoms with Crippen LogP contribution in [0.2, 0.25) is 5.02 Å². The Hall–Kier alpha value is -3.27. The maximum atomic E-state index is 13.9. The van der Waals surface area contributed by atoms with Crippen LogP contribution in [-0.2, 0) is 12.8 Å². The summed E-state index contributed by atoms with van der Waals surface area (Å²) in [5, 5.41) is 4.01. The quantitative estimate of drug-likeness (QED) is 0.181. The molecule has 0 aliphatic heterocycles. The number of nitrogens with one attached hydrogen (secondary N) is 1. The highest BCUT2D eigenvalue weighted by atomic mass is 35.5. The minimum atomic E-state index is -5.62. The van der Waals surface area contributed by atoms with Crippen molar-refractivity contribution in [3.63, 3.8) is 0 Å². The van der Waals surface area contributed by atoms with Crippen molar-refractivity contribution in [3.8, 4) is 5.75 Å². The van der Waals surface area contributed by atoms with Crippen LogP contribution in [0.4, 0.5) is 36.4 Å². The highest BCUT2D eigenvalue weighted by Gasteiger charge is 2.42. The lowest BCUT2D eigenvalue weighted by molar-refractivity contribution is -0.143. The van der Waals surface area contributed by atoms with E-state index in [9.17, 15) is 30.7 Å². The Morgan fingerprint density at radius 3 is 2.12 bits per heavy atom. The van der Waals surface area contributed by atoms with Crippen LogP contribution in [0.1, 0.15) is 16.7 Å². The molecular formula is C21H12ClF7N2O. The first kappa shape index (κ1) is 23.4. The molecule has 3 rings (SSSR count). The topological polar surface area (TPSA) is 33.6 Å². The first-order valence-electron chi connectivity index (χ1n) is 8.77. The molecule has 0 bridgehead atoms. The number of halogens is 8. The first-order valence-corrected chi connectivity index (χ1v) is 9.15. The summed E-state index contributed by atoms with van der Waals surface area (Å²) in [4.78, 5) is 0. The summed E-state index contributed by atoms with van der Waals surface area (Å²) < 4.78 is 98.5. The predicted octanol–water partition coefficient (Wildman–Crippen LogP) is 6.94. The standard InChI is InChI=1S/C21H12ClF7N2O/c22-13-6-4-11(5-7-13)10-32-14-3-1-2-12(8-14)9-30-31-20-18(25)16(23)15(21(27,28)29)17(24)19(20)26/h1-9,31H,10H2. The second-order valence-corrected chi connectivity index (χ2v) is 6.80. The van der Waals surface area contributed by atoms with Crippen molar-refractivity contribution in [2.75, 3.05) is 5.43 Å². The number of ether oxygens (including phenoxy) is 1. The Bertz CT molecular complexity index is 1120. The Labute approximate surface area is 182 Å². The van der Waals surface area contributed by atoms with Crippen LogP contribution in [0.5, 0.6) is 5.75 Å². The maximum absolute atomic E-state index is 13.9. The molecule has 0 radical (unpaired) electrons. The van der Waals surface area contributed by atoms with Crippen LogP contribution in [0, 0.1) is 23.3 Å². The van der Waals surface area contributed by atoms with Gasteiger partial charge in [-0.05, 0) is 35.4 Å². The average Bonchev–Trinajstić information content (AvgIpc) is 2.74. The molecule has 0 aliphatic rings. The van der Waals surface area contributed by atoms with Gasteiger partial charge in [-0.1, -0.05) is 35.9 Å². The van der Waals surface area contributed by atoms with Crippen LogP contribution >= 0.6 is 11.6 Å². The van der Waals surface area contributed by atoms with Crippen LogP contribution in [0.15, 0.2) is 53.6 Å². The van der Waals surface area contributed by atoms with Gasteiger partial charge in [-0.15, -0.1) is 0 Å². The molecule has 0 saturated carbocycles. The van der Waals surface area contributed by atoms with Crippen molar-refractivity contribution in [2.45, 2.75) is 12.8 Å². The molecule has 0 saturated heterocycles. The van der Waals surface area contributed by atoms with Crippen LogP contribution < -0.4 is 10.2 Å². The van der Waals surface area contributed by atoms with Gasteiger partial charge in [-0.25, -0.2) is 17.6 Å². The van der Waals surface area contributed by atoms with Gasteiger partial charge in [0.15, 0.2) is 23.3 Å². The molecule has 3 nitrogen and oxygen atoms in total. The van der Waals surface area contributed by atoms with E-state index in [4.69, 9.17) is 16.3 Å². The van der Waals surface area contributed by atoms with E-state index >= 15 is 0 Å². The molecule has 0 aromatic heterocycles. The van der Waals surface area contributed by atoms with Gasteiger partial charge in [0, 0.05) is 5.02 Å². The molecule has 0 heterocycles. The fourth-order valence-electron chi connectivity index (χ4n) is 2.58. The molecule has 3 aromatic carbocycles. The van der Waals surface area contributed by atoms with Crippen molar-refractivity contribution >= 4 is 23.5 Å². The zero-order valence-corrected chi connectivity index (χ0v) is 16.5. The van der Waals surface area contributed by atoms with Gasteiger partial charge in [0.2, 0.25) is 0 Å². The van der Waals surface area contributed by atoms with E-state index in [1.807, 2.05) is 0 Å². The van der Waals surface area contributed by atoms with Crippen molar-refractivity contribution in [2.24, 2.45) is 5.10 Å². The Morgan fingerprint density at radius 1 is 0.906 bits per heavy atom. The SMILES string of the molecule is Fc1c(F)c(C(F)(F)F)c(F)c(F)c1NN=Cc1cccc(OCc2ccc(Cl)cc2)c1. The van der Waals surface area contributed by atoms with E-state index < -0.39 is 40.7 Å². The van der Waals surface area contributed by atoms with E-state index in [0.717, 1.165) is 11.8 Å². The second-order valence-electron chi connectivity index (χ2n) is 6.36. The van der Waals surface area contributed by atoms with E-state index in [1.54, 1.807) is 41.8 Å². The average molecular weight is 477 g/mol. The summed E-state index contributed by atoms with van der Waals surface area (Å²) >= 11 is 5.81. The molecule has 0 amide bonds. The van der Waals surface area contributed by atoms with Gasteiger partial charge in [-0.3, -0.25) is 5.43 Å². The van der Waals surface area contributed by atoms with Crippen LogP contribution in [0.25, 0.3) is 0 Å². The number of rotatable bonds is 6. The Morgan fingerprint density at radius 2 is 1.53 bits per heavy atom. The highest BCUT2D eigenvalue weighted by molar-refractivity contribution is 6.30. The van der Waals surface area contributed by atoms with Gasteiger partial charge in [0.25, 0.3) is 0 Å². The van der Waals surface area contributed by atoms with Crippen molar-refractivity contribution in [1.82, 2.24) is 0 Å². The van der Waals surface area contributed by atoms with E-state index in [-0.39, 0.29) is 6.61 Å². The van der Waals surface area contributed by atoms with E-state index in [0.29, 0.717) is 16.3 Å². The van der Waals surface area contributed by atoms with Crippen molar-refractivity contribution in [3.05, 3.63) is 93.5 Å². The molecular weight excluding hydrogens is 465 g/mol. The summed E-state index contributed by atoms with van der Waals surface area (Å²) in [5.41, 5.74) is -1.27. The molecule has 168 valence electrons. The lowest BCUT2D eigenvalue weighted by Gasteiger charge is -2.13. The van der Waals surface area contributed by atoms with Crippen LogP contribution in [0.3, 0.4) is 0 Å². The molecule has 32 heavy (non-hydrogen) atoms. The molecule has 0 unspecified atom stereocenters.